The Morgan fingerprint density at radius 3 is 2.15 bits per heavy atom. The van der Waals surface area contributed by atoms with Crippen molar-refractivity contribution in [3.63, 3.8) is 0 Å². The number of rotatable bonds is 3. The van der Waals surface area contributed by atoms with Crippen LogP contribution in [0.1, 0.15) is 6.42 Å². The summed E-state index contributed by atoms with van der Waals surface area (Å²) in [6.07, 6.45) is -8.04. The fraction of sp³-hybridized carbons (Fsp3) is 0.750. The average molecular weight is 221 g/mol. The molecule has 0 aromatic rings. The van der Waals surface area contributed by atoms with Crippen molar-refractivity contribution in [2.45, 2.75) is 18.0 Å². The predicted octanol–water partition coefficient (Wildman–Crippen LogP) is -0.0284. The number of thiol groups is 1. The molecule has 9 heteroatoms. The minimum Gasteiger partial charge on any atom is -0.430 e. The summed E-state index contributed by atoms with van der Waals surface area (Å²) in [5.41, 5.74) is 2.11. The summed E-state index contributed by atoms with van der Waals surface area (Å²) < 4.78 is 58.8. The van der Waals surface area contributed by atoms with E-state index in [0.29, 0.717) is 0 Å². The molecular weight excluding hydrogens is 215 g/mol. The predicted molar refractivity (Wildman–Crippen MR) is 35.4 cm³/mol. The molecule has 1 amide bonds. The van der Waals surface area contributed by atoms with E-state index >= 15 is 0 Å². The largest absolute Gasteiger partial charge is 0.430 e. The molecule has 0 aliphatic heterocycles. The Labute approximate surface area is 72.6 Å². The highest BCUT2D eigenvalue weighted by atomic mass is 32.2. The molecule has 0 aromatic heterocycles. The molecule has 5 nitrogen and oxygen atoms in total. The first kappa shape index (κ1) is 12.0. The van der Waals surface area contributed by atoms with Gasteiger partial charge in [-0.15, -0.1) is 0 Å². The molecule has 0 saturated carbocycles. The lowest BCUT2D eigenvalue weighted by Gasteiger charge is -2.12. The van der Waals surface area contributed by atoms with Crippen molar-refractivity contribution in [2.24, 2.45) is 5.73 Å². The first-order valence-electron chi connectivity index (χ1n) is 2.88. The van der Waals surface area contributed by atoms with Gasteiger partial charge in [-0.1, -0.05) is 0 Å². The highest BCUT2D eigenvalue weighted by molar-refractivity contribution is 7.73. The van der Waals surface area contributed by atoms with Crippen molar-refractivity contribution >= 4 is 16.8 Å². The van der Waals surface area contributed by atoms with E-state index in [2.05, 4.69) is 10.5 Å². The smallest absolute Gasteiger partial charge is 0.405 e. The number of halogens is 3. The zero-order chi connectivity index (χ0) is 10.6. The molecule has 0 bridgehead atoms. The van der Waals surface area contributed by atoms with Crippen molar-refractivity contribution < 1.29 is 31.1 Å². The number of hydrogen-bond donors (Lipinski definition) is 2. The molecule has 0 aliphatic carbocycles. The van der Waals surface area contributed by atoms with Gasteiger partial charge in [0.05, 0.1) is 6.42 Å². The first-order chi connectivity index (χ1) is 5.72. The molecule has 13 heavy (non-hydrogen) atoms. The molecule has 1 unspecified atom stereocenters. The molecule has 2 N–H and O–H groups in total. The van der Waals surface area contributed by atoms with Gasteiger partial charge in [0.15, 0.2) is 10.7 Å². The second-order valence-corrected chi connectivity index (χ2v) is 3.14. The maximum absolute atomic E-state index is 11.6. The molecule has 0 heterocycles. The summed E-state index contributed by atoms with van der Waals surface area (Å²) in [5, 5.41) is 0. The van der Waals surface area contributed by atoms with Crippen LogP contribution in [0.2, 0.25) is 0 Å². The van der Waals surface area contributed by atoms with Gasteiger partial charge in [-0.3, -0.25) is 0 Å². The second-order valence-electron chi connectivity index (χ2n) is 2.00. The third-order valence-corrected chi connectivity index (χ3v) is 1.65. The number of hydrogen-bond acceptors (Lipinski definition) is 4. The number of alkyl halides is 3. The summed E-state index contributed by atoms with van der Waals surface area (Å²) >= 11 is 0. The van der Waals surface area contributed by atoms with Gasteiger partial charge in [-0.05, 0) is 0 Å². The summed E-state index contributed by atoms with van der Waals surface area (Å²) in [6, 6.07) is 0. The van der Waals surface area contributed by atoms with E-state index in [1.54, 1.807) is 0 Å². The minimum absolute atomic E-state index is 1.56. The molecule has 0 spiro atoms. The van der Waals surface area contributed by atoms with Crippen LogP contribution < -0.4 is 5.73 Å². The molecular formula is C4H6F3NO4S. The van der Waals surface area contributed by atoms with E-state index < -0.39 is 34.8 Å². The number of primary amides is 1. The van der Waals surface area contributed by atoms with Crippen molar-refractivity contribution in [1.82, 2.24) is 0 Å². The molecule has 0 aromatic carbocycles. The van der Waals surface area contributed by atoms with Gasteiger partial charge in [-0.25, -0.2) is 13.2 Å². The highest BCUT2D eigenvalue weighted by Crippen LogP contribution is 2.23. The molecule has 1 atom stereocenters. The van der Waals surface area contributed by atoms with Crippen LogP contribution in [0, 0.1) is 0 Å². The Bertz CT molecular complexity index is 253. The normalized spacial score (nSPS) is 14.2. The lowest BCUT2D eigenvalue weighted by Crippen LogP contribution is -2.28. The van der Waals surface area contributed by atoms with E-state index in [0.717, 1.165) is 0 Å². The van der Waals surface area contributed by atoms with Crippen molar-refractivity contribution in [1.29, 1.82) is 0 Å². The van der Waals surface area contributed by atoms with E-state index in [4.69, 9.17) is 0 Å². The number of carbonyl (C=O) groups is 1. The van der Waals surface area contributed by atoms with Crippen LogP contribution in [-0.4, -0.2) is 26.1 Å². The Morgan fingerprint density at radius 1 is 1.46 bits per heavy atom. The van der Waals surface area contributed by atoms with Gasteiger partial charge in [0.2, 0.25) is 5.44 Å². The minimum atomic E-state index is -4.73. The fourth-order valence-corrected chi connectivity index (χ4v) is 1.04. The van der Waals surface area contributed by atoms with Crippen molar-refractivity contribution in [3.8, 4) is 0 Å². The number of ether oxygens (including phenoxy) is 1. The quantitative estimate of drug-likeness (QED) is 0.655. The number of nitrogens with two attached hydrogens (primary N) is 1. The second kappa shape index (κ2) is 4.30. The first-order valence-corrected chi connectivity index (χ1v) is 4.13. The Hall–Kier alpha value is -0.990. The zero-order valence-electron chi connectivity index (χ0n) is 6.08. The zero-order valence-corrected chi connectivity index (χ0v) is 6.97. The number of carbonyl (C=O) groups excluding carboxylic acids is 1. The lowest BCUT2D eigenvalue weighted by atomic mass is 10.4. The molecule has 0 saturated heterocycles. The van der Waals surface area contributed by atoms with Crippen LogP contribution in [-0.2, 0) is 15.4 Å². The topological polar surface area (TPSA) is 86.5 Å². The molecule has 78 valence electrons. The molecule has 0 radical (unpaired) electrons. The Morgan fingerprint density at radius 2 is 1.92 bits per heavy atom. The summed E-state index contributed by atoms with van der Waals surface area (Å²) in [6.45, 7) is 0. The monoisotopic (exact) mass is 221 g/mol. The van der Waals surface area contributed by atoms with Crippen LogP contribution >= 0.6 is 0 Å². The van der Waals surface area contributed by atoms with Crippen LogP contribution in [0.4, 0.5) is 18.0 Å². The maximum Gasteiger partial charge on any atom is 0.405 e. The lowest BCUT2D eigenvalue weighted by molar-refractivity contribution is -0.144. The Kier molecular flexibility index (Phi) is 3.98. The van der Waals surface area contributed by atoms with E-state index in [-0.39, 0.29) is 0 Å². The SMILES string of the molecule is NC(=O)OC(CC(F)(F)F)[SH](=O)=O. The van der Waals surface area contributed by atoms with Crippen LogP contribution in [0.3, 0.4) is 0 Å². The maximum atomic E-state index is 11.6. The molecule has 0 rings (SSSR count). The number of amides is 1. The van der Waals surface area contributed by atoms with E-state index in [1.807, 2.05) is 0 Å². The van der Waals surface area contributed by atoms with Gasteiger partial charge >= 0.3 is 12.3 Å². The third-order valence-electron chi connectivity index (χ3n) is 0.893. The molecule has 0 fully saturated rings. The van der Waals surface area contributed by atoms with Crippen molar-refractivity contribution in [2.75, 3.05) is 0 Å². The van der Waals surface area contributed by atoms with Crippen LogP contribution in [0.15, 0.2) is 0 Å². The highest BCUT2D eigenvalue weighted by Gasteiger charge is 2.35. The standard InChI is InChI=1S/C4H6F3NO4S/c5-4(6,7)1-2(13(10)11)12-3(8)9/h2,13H,1H2,(H2,8,9). The van der Waals surface area contributed by atoms with Gasteiger partial charge in [-0.2, -0.15) is 13.2 Å². The fourth-order valence-electron chi connectivity index (χ4n) is 0.491. The van der Waals surface area contributed by atoms with Crippen LogP contribution in [0.5, 0.6) is 0 Å². The van der Waals surface area contributed by atoms with Gasteiger partial charge in [0, 0.05) is 0 Å². The van der Waals surface area contributed by atoms with Gasteiger partial charge in [0.1, 0.15) is 0 Å². The average Bonchev–Trinajstić information content (AvgIpc) is 1.81. The van der Waals surface area contributed by atoms with E-state index in [9.17, 15) is 26.4 Å². The summed E-state index contributed by atoms with van der Waals surface area (Å²) in [4.78, 5) is 9.97. The summed E-state index contributed by atoms with van der Waals surface area (Å²) in [5.74, 6) is 0. The summed E-state index contributed by atoms with van der Waals surface area (Å²) in [7, 11) is -3.50. The van der Waals surface area contributed by atoms with Gasteiger partial charge in [0.25, 0.3) is 0 Å². The van der Waals surface area contributed by atoms with E-state index in [1.165, 1.54) is 0 Å². The third kappa shape index (κ3) is 6.20. The Balaban J connectivity index is 4.36. The van der Waals surface area contributed by atoms with Crippen LogP contribution in [0.25, 0.3) is 0 Å². The molecule has 0 aliphatic rings. The van der Waals surface area contributed by atoms with Crippen molar-refractivity contribution in [3.05, 3.63) is 0 Å². The van der Waals surface area contributed by atoms with Gasteiger partial charge < -0.3 is 10.5 Å².